The largest absolute Gasteiger partial charge is 3.00 e. The molecule has 0 aliphatic heterocycles. The summed E-state index contributed by atoms with van der Waals surface area (Å²) in [5.74, 6) is -3.72. The molecule has 0 N–H and O–H groups in total. The van der Waals surface area contributed by atoms with Gasteiger partial charge >= 0.3 is 18.6 Å². The van der Waals surface area contributed by atoms with Gasteiger partial charge in [0.25, 0.3) is 0 Å². The first-order valence-corrected chi connectivity index (χ1v) is 4.38. The summed E-state index contributed by atoms with van der Waals surface area (Å²) >= 11 is 7.28. The van der Waals surface area contributed by atoms with Crippen LogP contribution in [0.4, 0.5) is 0 Å². The zero-order chi connectivity index (χ0) is 4.50. The van der Waals surface area contributed by atoms with Crippen LogP contribution in [0.5, 0.6) is 0 Å². The molecule has 6 heteroatoms. The second kappa shape index (κ2) is 3.47. The average molecular weight is 178 g/mol. The van der Waals surface area contributed by atoms with E-state index in [2.05, 4.69) is 24.5 Å². The Morgan fingerprint density at radius 3 is 1.50 bits per heavy atom. The van der Waals surface area contributed by atoms with Gasteiger partial charge in [0.2, 0.25) is 0 Å². The van der Waals surface area contributed by atoms with Crippen molar-refractivity contribution in [1.82, 2.24) is 0 Å². The van der Waals surface area contributed by atoms with Gasteiger partial charge in [-0.25, -0.2) is 0 Å². The molecule has 0 saturated heterocycles. The third kappa shape index (κ3) is 50.4. The molecule has 0 saturated carbocycles. The van der Waals surface area contributed by atoms with Crippen LogP contribution in [-0.2, 0) is 47.6 Å². The van der Waals surface area contributed by atoms with Gasteiger partial charge in [-0.1, -0.05) is 0 Å². The monoisotopic (exact) mass is 178 g/mol. The van der Waals surface area contributed by atoms with E-state index < -0.39 is 5.77 Å². The Balaban J connectivity index is 0. The Labute approximate surface area is 58.4 Å². The summed E-state index contributed by atoms with van der Waals surface area (Å²) < 4.78 is 9.29. The van der Waals surface area contributed by atoms with Crippen molar-refractivity contribution in [3.8, 4) is 0 Å². The van der Waals surface area contributed by atoms with Crippen molar-refractivity contribution >= 4 is 30.3 Å². The van der Waals surface area contributed by atoms with E-state index in [1.54, 1.807) is 0 Å². The summed E-state index contributed by atoms with van der Waals surface area (Å²) in [6, 6.07) is 0. The van der Waals surface area contributed by atoms with E-state index in [1.165, 1.54) is 0 Å². The molecular formula is O2PS2V. The molecule has 0 aromatic rings. The van der Waals surface area contributed by atoms with Gasteiger partial charge in [0.05, 0.1) is 0 Å². The third-order valence-electron chi connectivity index (χ3n) is 0. The van der Waals surface area contributed by atoms with Gasteiger partial charge in [-0.2, -0.15) is 0 Å². The maximum absolute atomic E-state index is 9.29. The molecule has 0 spiro atoms. The smallest absolute Gasteiger partial charge is 0.835 e. The Kier molecular flexibility index (Phi) is 6.05. The summed E-state index contributed by atoms with van der Waals surface area (Å²) in [7, 11) is 0. The molecule has 6 heavy (non-hydrogen) atoms. The van der Waals surface area contributed by atoms with Gasteiger partial charge in [-0.3, -0.25) is 5.77 Å². The zero-order valence-corrected chi connectivity index (χ0v) is 6.45. The fourth-order valence-corrected chi connectivity index (χ4v) is 0. The van der Waals surface area contributed by atoms with Gasteiger partial charge in [-0.05, 0) is 0 Å². The van der Waals surface area contributed by atoms with Crippen LogP contribution < -0.4 is 4.89 Å². The van der Waals surface area contributed by atoms with E-state index in [0.29, 0.717) is 0 Å². The minimum Gasteiger partial charge on any atom is -0.835 e. The molecule has 34 valence electrons. The van der Waals surface area contributed by atoms with Crippen LogP contribution in [0, 0.1) is 0 Å². The minimum absolute atomic E-state index is 0. The molecule has 0 amide bonds. The van der Waals surface area contributed by atoms with E-state index in [1.807, 2.05) is 0 Å². The first-order valence-electron chi connectivity index (χ1n) is 0.730. The van der Waals surface area contributed by atoms with Crippen LogP contribution in [-0.4, -0.2) is 0 Å². The first kappa shape index (κ1) is 10.5. The molecule has 0 aromatic carbocycles. The molecule has 2 nitrogen and oxygen atoms in total. The van der Waals surface area contributed by atoms with Crippen LogP contribution in [0.1, 0.15) is 0 Å². The Hall–Kier alpha value is 1.47. The summed E-state index contributed by atoms with van der Waals surface area (Å²) in [6.07, 6.45) is 0. The third-order valence-corrected chi connectivity index (χ3v) is 0. The van der Waals surface area contributed by atoms with Crippen LogP contribution >= 0.6 is 5.77 Å². The fourth-order valence-electron chi connectivity index (χ4n) is 0. The van der Waals surface area contributed by atoms with Crippen molar-refractivity contribution in [1.29, 1.82) is 0 Å². The van der Waals surface area contributed by atoms with Crippen LogP contribution in [0.2, 0.25) is 0 Å². The van der Waals surface area contributed by atoms with E-state index >= 15 is 0 Å². The predicted molar refractivity (Wildman–Crippen MR) is 22.3 cm³/mol. The molecule has 0 bridgehead atoms. The first-order chi connectivity index (χ1) is 2.00. The summed E-state index contributed by atoms with van der Waals surface area (Å²) in [5.41, 5.74) is 0. The number of rotatable bonds is 0. The molecule has 0 aliphatic carbocycles. The normalized spacial score (nSPS) is 9.83. The summed E-state index contributed by atoms with van der Waals surface area (Å²) in [5, 5.41) is 0. The second-order valence-electron chi connectivity index (χ2n) is 0.447. The van der Waals surface area contributed by atoms with Crippen molar-refractivity contribution in [2.45, 2.75) is 0 Å². The summed E-state index contributed by atoms with van der Waals surface area (Å²) in [4.78, 5) is 9.29. The standard InChI is InChI=1S/H3O2PS2.V/c1-3(2,4)5;/h(H3,1,2,4,5);/q;+3/p-3. The molecule has 0 rings (SSSR count). The topological polar surface area (TPSA) is 40.1 Å². The van der Waals surface area contributed by atoms with E-state index in [9.17, 15) is 9.46 Å². The van der Waals surface area contributed by atoms with E-state index in [4.69, 9.17) is 0 Å². The molecule has 0 fully saturated rings. The SMILES string of the molecule is O=P([O-])([S-])[S-].[V+3]. The van der Waals surface area contributed by atoms with Crippen molar-refractivity contribution in [3.05, 3.63) is 0 Å². The minimum atomic E-state index is -3.72. The molecule has 0 atom stereocenters. The fraction of sp³-hybridized carbons (Fsp3) is 0. The molecule has 0 aromatic heterocycles. The maximum Gasteiger partial charge on any atom is 3.00 e. The van der Waals surface area contributed by atoms with Crippen molar-refractivity contribution in [2.24, 2.45) is 0 Å². The predicted octanol–water partition coefficient (Wildman–Crippen LogP) is -0.454. The zero-order valence-electron chi connectivity index (χ0n) is 2.53. The van der Waals surface area contributed by atoms with Crippen LogP contribution in [0.3, 0.4) is 0 Å². The van der Waals surface area contributed by atoms with Gasteiger partial charge in [-0.15, -0.1) is 0 Å². The van der Waals surface area contributed by atoms with Gasteiger partial charge in [0, 0.05) is 0 Å². The average Bonchev–Trinajstić information content (AvgIpc) is 0.722. The number of hydrogen-bond acceptors (Lipinski definition) is 4. The molecule has 0 radical (unpaired) electrons. The van der Waals surface area contributed by atoms with E-state index in [-0.39, 0.29) is 18.6 Å². The molecule has 0 aliphatic rings. The molecule has 0 unspecified atom stereocenters. The van der Waals surface area contributed by atoms with Gasteiger partial charge in [0.1, 0.15) is 0 Å². The second-order valence-corrected chi connectivity index (χ2v) is 4.92. The quantitative estimate of drug-likeness (QED) is 0.372. The number of hydrogen-bond donors (Lipinski definition) is 0. The van der Waals surface area contributed by atoms with Crippen LogP contribution in [0.15, 0.2) is 0 Å². The van der Waals surface area contributed by atoms with Crippen molar-refractivity contribution < 1.29 is 28.0 Å². The van der Waals surface area contributed by atoms with Gasteiger partial charge in [0.15, 0.2) is 0 Å². The molecular weight excluding hydrogens is 178 g/mol. The Morgan fingerprint density at radius 1 is 1.50 bits per heavy atom. The van der Waals surface area contributed by atoms with Crippen molar-refractivity contribution in [3.63, 3.8) is 0 Å². The Morgan fingerprint density at radius 2 is 1.50 bits per heavy atom. The van der Waals surface area contributed by atoms with Crippen LogP contribution in [0.25, 0.3) is 0 Å². The Bertz CT molecular complexity index is 57.7. The summed E-state index contributed by atoms with van der Waals surface area (Å²) in [6.45, 7) is 0. The van der Waals surface area contributed by atoms with E-state index in [0.717, 1.165) is 0 Å². The van der Waals surface area contributed by atoms with Gasteiger partial charge < -0.3 is 34.0 Å². The maximum atomic E-state index is 9.29. The van der Waals surface area contributed by atoms with Crippen molar-refractivity contribution in [2.75, 3.05) is 0 Å². The molecule has 0 heterocycles.